The Bertz CT molecular complexity index is 471. The summed E-state index contributed by atoms with van der Waals surface area (Å²) in [5.41, 5.74) is 9.62. The Labute approximate surface area is 105 Å². The molecule has 1 aromatic heterocycles. The summed E-state index contributed by atoms with van der Waals surface area (Å²) in [6, 6.07) is 3.51. The normalized spacial score (nSPS) is 11.3. The van der Waals surface area contributed by atoms with Gasteiger partial charge in [-0.25, -0.2) is 0 Å². The fourth-order valence-electron chi connectivity index (χ4n) is 0.901. The number of aromatic nitrogens is 1. The first-order valence-electron chi connectivity index (χ1n) is 4.40. The number of amides is 2. The second kappa shape index (κ2) is 6.06. The van der Waals surface area contributed by atoms with Gasteiger partial charge in [-0.15, -0.1) is 0 Å². The number of rotatable bonds is 5. The van der Waals surface area contributed by atoms with Crippen LogP contribution in [0.25, 0.3) is 0 Å². The summed E-state index contributed by atoms with van der Waals surface area (Å²) < 4.78 is 2.70. The third kappa shape index (κ3) is 3.93. The highest BCUT2D eigenvalue weighted by atomic mass is 32.8. The molecule has 8 heteroatoms. The zero-order valence-corrected chi connectivity index (χ0v) is 10.3. The van der Waals surface area contributed by atoms with Gasteiger partial charge in [-0.3, -0.25) is 14.6 Å². The van der Waals surface area contributed by atoms with Gasteiger partial charge in [0.15, 0.2) is 0 Å². The van der Waals surface area contributed by atoms with E-state index < -0.39 is 21.5 Å². The molecule has 0 saturated carbocycles. The maximum Gasteiger partial charge on any atom is 0.255 e. The zero-order valence-electron chi connectivity index (χ0n) is 8.62. The summed E-state index contributed by atoms with van der Waals surface area (Å²) >= 11 is 5.12. The third-order valence-electron chi connectivity index (χ3n) is 1.69. The number of nitrogens with one attached hydrogen (secondary N) is 1. The van der Waals surface area contributed by atoms with Crippen LogP contribution in [0.3, 0.4) is 0 Å². The molecule has 1 rings (SSSR count). The molecule has 0 saturated heterocycles. The Morgan fingerprint density at radius 3 is 2.53 bits per heavy atom. The van der Waals surface area contributed by atoms with Gasteiger partial charge < -0.3 is 16.2 Å². The highest BCUT2D eigenvalue weighted by Gasteiger charge is 2.11. The van der Waals surface area contributed by atoms with Gasteiger partial charge in [-0.05, 0) is 23.3 Å². The molecule has 6 nitrogen and oxygen atoms in total. The lowest BCUT2D eigenvalue weighted by molar-refractivity contribution is -0.120. The minimum absolute atomic E-state index is 0.323. The Balaban J connectivity index is 2.79. The summed E-state index contributed by atoms with van der Waals surface area (Å²) in [7, 11) is -0.808. The number of hydrogen-bond acceptors (Lipinski definition) is 4. The van der Waals surface area contributed by atoms with Crippen molar-refractivity contribution in [3.63, 3.8) is 0 Å². The summed E-state index contributed by atoms with van der Waals surface area (Å²) in [6.07, 6.45) is 4.34. The maximum absolute atomic E-state index is 10.9. The van der Waals surface area contributed by atoms with Gasteiger partial charge in [0.1, 0.15) is 5.57 Å². The molecule has 0 radical (unpaired) electrons. The molecular weight excluding hydrogens is 260 g/mol. The fourth-order valence-corrected chi connectivity index (χ4v) is 2.06. The first kappa shape index (κ1) is 13.3. The summed E-state index contributed by atoms with van der Waals surface area (Å²) in [4.78, 5) is 26.4. The summed E-state index contributed by atoms with van der Waals surface area (Å²) in [5.74, 6) is -1.80. The minimum atomic E-state index is -0.900. The maximum atomic E-state index is 10.9. The summed E-state index contributed by atoms with van der Waals surface area (Å²) in [6.45, 7) is 0. The van der Waals surface area contributed by atoms with Gasteiger partial charge in [-0.1, -0.05) is 0 Å². The molecule has 0 aliphatic heterocycles. The number of carbonyl (C=O) groups excluding carboxylic acids is 2. The van der Waals surface area contributed by atoms with Crippen LogP contribution in [0.4, 0.5) is 0 Å². The van der Waals surface area contributed by atoms with Gasteiger partial charge in [0.25, 0.3) is 11.8 Å². The lowest BCUT2D eigenvalue weighted by atomic mass is 10.3. The quantitative estimate of drug-likeness (QED) is 0.356. The first-order chi connectivity index (χ1) is 8.02. The molecule has 17 heavy (non-hydrogen) atoms. The molecule has 0 bridgehead atoms. The van der Waals surface area contributed by atoms with Crippen LogP contribution >= 0.6 is 0 Å². The van der Waals surface area contributed by atoms with Crippen molar-refractivity contribution in [3.8, 4) is 0 Å². The van der Waals surface area contributed by atoms with Crippen molar-refractivity contribution in [2.75, 3.05) is 0 Å². The van der Waals surface area contributed by atoms with E-state index in [1.165, 1.54) is 0 Å². The number of hydrogen-bond donors (Lipinski definition) is 3. The van der Waals surface area contributed by atoms with Gasteiger partial charge in [0, 0.05) is 33.1 Å². The lowest BCUT2D eigenvalue weighted by Crippen LogP contribution is -2.28. The van der Waals surface area contributed by atoms with Crippen LogP contribution in [-0.2, 0) is 30.4 Å². The smallest absolute Gasteiger partial charge is 0.255 e. The molecule has 0 fully saturated rings. The minimum Gasteiger partial charge on any atom is -0.365 e. The van der Waals surface area contributed by atoms with E-state index in [4.69, 9.17) is 22.7 Å². The SMILES string of the molecule is NC(=O)C(=CN[S@](=S)c1cccnc1)C(N)=O. The molecule has 90 valence electrons. The number of primary amides is 2. The highest BCUT2D eigenvalue weighted by molar-refractivity contribution is 8.27. The number of nitrogens with zero attached hydrogens (tertiary/aromatic N) is 1. The van der Waals surface area contributed by atoms with Gasteiger partial charge in [0.05, 0.1) is 0 Å². The van der Waals surface area contributed by atoms with Crippen LogP contribution in [0.1, 0.15) is 0 Å². The Morgan fingerprint density at radius 1 is 1.41 bits per heavy atom. The molecule has 0 spiro atoms. The predicted octanol–water partition coefficient (Wildman–Crippen LogP) is -1.12. The van der Waals surface area contributed by atoms with Crippen molar-refractivity contribution in [2.24, 2.45) is 11.5 Å². The van der Waals surface area contributed by atoms with Crippen molar-refractivity contribution >= 4 is 32.6 Å². The number of nitrogens with two attached hydrogens (primary N) is 2. The van der Waals surface area contributed by atoms with E-state index in [0.29, 0.717) is 0 Å². The fraction of sp³-hybridized carbons (Fsp3) is 0. The monoisotopic (exact) mass is 270 g/mol. The Hall–Kier alpha value is -1.80. The van der Waals surface area contributed by atoms with Crippen molar-refractivity contribution in [1.29, 1.82) is 0 Å². The van der Waals surface area contributed by atoms with Crippen LogP contribution in [-0.4, -0.2) is 16.8 Å². The standard InChI is InChI=1S/C9H10N4O2S2/c10-8(14)7(9(11)15)5-13-17(16)6-2-1-3-12-4-6/h1-5,13H,(H2,10,14)(H2,11,15)/t17-/m1/s1. The van der Waals surface area contributed by atoms with Crippen LogP contribution in [0.2, 0.25) is 0 Å². The van der Waals surface area contributed by atoms with E-state index in [1.54, 1.807) is 24.5 Å². The molecule has 1 atom stereocenters. The van der Waals surface area contributed by atoms with Crippen molar-refractivity contribution in [1.82, 2.24) is 9.71 Å². The molecule has 1 aromatic rings. The molecule has 0 aliphatic rings. The van der Waals surface area contributed by atoms with Crippen LogP contribution < -0.4 is 16.2 Å². The molecule has 2 amide bonds. The first-order valence-corrected chi connectivity index (χ1v) is 6.55. The second-order valence-corrected chi connectivity index (χ2v) is 5.11. The van der Waals surface area contributed by atoms with E-state index in [0.717, 1.165) is 11.1 Å². The second-order valence-electron chi connectivity index (χ2n) is 2.86. The van der Waals surface area contributed by atoms with Gasteiger partial charge in [-0.2, -0.15) is 0 Å². The summed E-state index contributed by atoms with van der Waals surface area (Å²) in [5, 5.41) is 0. The largest absolute Gasteiger partial charge is 0.365 e. The van der Waals surface area contributed by atoms with Crippen LogP contribution in [0.5, 0.6) is 0 Å². The topological polar surface area (TPSA) is 111 Å². The third-order valence-corrected chi connectivity index (χ3v) is 3.56. The highest BCUT2D eigenvalue weighted by Crippen LogP contribution is 2.01. The van der Waals surface area contributed by atoms with E-state index in [1.807, 2.05) is 0 Å². The average Bonchev–Trinajstić information content (AvgIpc) is 2.29. The van der Waals surface area contributed by atoms with Crippen molar-refractivity contribution < 1.29 is 9.59 Å². The van der Waals surface area contributed by atoms with E-state index in [-0.39, 0.29) is 5.57 Å². The lowest BCUT2D eigenvalue weighted by Gasteiger charge is -2.05. The number of pyridine rings is 1. The zero-order chi connectivity index (χ0) is 12.8. The Morgan fingerprint density at radius 2 is 2.06 bits per heavy atom. The predicted molar refractivity (Wildman–Crippen MR) is 66.8 cm³/mol. The van der Waals surface area contributed by atoms with E-state index >= 15 is 0 Å². The van der Waals surface area contributed by atoms with E-state index in [2.05, 4.69) is 9.71 Å². The van der Waals surface area contributed by atoms with Crippen molar-refractivity contribution in [2.45, 2.75) is 4.90 Å². The molecule has 0 aliphatic carbocycles. The average molecular weight is 270 g/mol. The molecule has 1 heterocycles. The van der Waals surface area contributed by atoms with Crippen molar-refractivity contribution in [3.05, 3.63) is 36.3 Å². The van der Waals surface area contributed by atoms with E-state index in [9.17, 15) is 9.59 Å². The van der Waals surface area contributed by atoms with Gasteiger partial charge >= 0.3 is 0 Å². The molecular formula is C9H10N4O2S2. The Kier molecular flexibility index (Phi) is 4.73. The molecule has 0 unspecified atom stereocenters. The molecule has 0 aromatic carbocycles. The van der Waals surface area contributed by atoms with Crippen LogP contribution in [0.15, 0.2) is 41.2 Å². The number of carbonyl (C=O) groups is 2. The molecule has 5 N–H and O–H groups in total. The van der Waals surface area contributed by atoms with Crippen LogP contribution in [0, 0.1) is 0 Å². The van der Waals surface area contributed by atoms with Gasteiger partial charge in [0.2, 0.25) is 0 Å².